The molecule has 0 aliphatic rings. The van der Waals surface area contributed by atoms with E-state index in [2.05, 4.69) is 9.97 Å². The molecule has 0 spiro atoms. The van der Waals surface area contributed by atoms with E-state index in [1.54, 1.807) is 13.0 Å². The Labute approximate surface area is 101 Å². The van der Waals surface area contributed by atoms with Gasteiger partial charge in [0.05, 0.1) is 11.3 Å². The molecule has 2 N–H and O–H groups in total. The number of nitrogens with zero attached hydrogens (tertiary/aromatic N) is 2. The van der Waals surface area contributed by atoms with Crippen LogP contribution in [0.1, 0.15) is 11.3 Å². The number of nitrogens with two attached hydrogens (primary N) is 1. The molecule has 0 saturated heterocycles. The van der Waals surface area contributed by atoms with E-state index in [9.17, 15) is 13.2 Å². The number of hydrogen-bond donors (Lipinski definition) is 1. The maximum absolute atomic E-state index is 12.6. The summed E-state index contributed by atoms with van der Waals surface area (Å²) in [6, 6.07) is 4.77. The number of benzene rings is 1. The highest BCUT2D eigenvalue weighted by Gasteiger charge is 2.31. The van der Waals surface area contributed by atoms with Crippen LogP contribution in [0.3, 0.4) is 0 Å². The van der Waals surface area contributed by atoms with Crippen LogP contribution in [0.5, 0.6) is 0 Å². The molecule has 0 saturated carbocycles. The third-order valence-electron chi connectivity index (χ3n) is 2.46. The van der Waals surface area contributed by atoms with E-state index in [0.717, 1.165) is 12.1 Å². The minimum Gasteiger partial charge on any atom is -0.398 e. The lowest BCUT2D eigenvalue weighted by molar-refractivity contribution is -0.137. The first-order valence-electron chi connectivity index (χ1n) is 5.13. The van der Waals surface area contributed by atoms with Crippen molar-refractivity contribution in [2.45, 2.75) is 13.1 Å². The van der Waals surface area contributed by atoms with Crippen LogP contribution in [0.15, 0.2) is 30.6 Å². The zero-order chi connectivity index (χ0) is 13.3. The second kappa shape index (κ2) is 4.29. The number of rotatable bonds is 1. The fourth-order valence-corrected chi connectivity index (χ4v) is 1.56. The van der Waals surface area contributed by atoms with Crippen LogP contribution in [0.4, 0.5) is 18.9 Å². The molecular formula is C12H10F3N3. The Bertz CT molecular complexity index is 579. The second-order valence-corrected chi connectivity index (χ2v) is 3.84. The fourth-order valence-electron chi connectivity index (χ4n) is 1.56. The molecule has 3 nitrogen and oxygen atoms in total. The first kappa shape index (κ1) is 12.3. The predicted molar refractivity (Wildman–Crippen MR) is 61.6 cm³/mol. The Morgan fingerprint density at radius 1 is 1.11 bits per heavy atom. The van der Waals surface area contributed by atoms with Crippen molar-refractivity contribution >= 4 is 5.69 Å². The van der Waals surface area contributed by atoms with Gasteiger partial charge >= 0.3 is 6.18 Å². The normalized spacial score (nSPS) is 11.6. The summed E-state index contributed by atoms with van der Waals surface area (Å²) in [5.41, 5.74) is 6.49. The number of nitrogen functional groups attached to an aromatic ring is 1. The largest absolute Gasteiger partial charge is 0.416 e. The van der Waals surface area contributed by atoms with Crippen LogP contribution >= 0.6 is 0 Å². The smallest absolute Gasteiger partial charge is 0.398 e. The van der Waals surface area contributed by atoms with E-state index in [1.807, 2.05) is 0 Å². The van der Waals surface area contributed by atoms with Gasteiger partial charge in [-0.15, -0.1) is 0 Å². The van der Waals surface area contributed by atoms with Crippen molar-refractivity contribution in [1.29, 1.82) is 0 Å². The van der Waals surface area contributed by atoms with Crippen molar-refractivity contribution in [3.05, 3.63) is 41.9 Å². The maximum Gasteiger partial charge on any atom is 0.416 e. The number of alkyl halides is 3. The number of aryl methyl sites for hydroxylation is 1. The van der Waals surface area contributed by atoms with Crippen molar-refractivity contribution in [3.8, 4) is 11.3 Å². The van der Waals surface area contributed by atoms with Gasteiger partial charge in [-0.25, -0.2) is 9.97 Å². The first-order chi connectivity index (χ1) is 8.38. The van der Waals surface area contributed by atoms with E-state index >= 15 is 0 Å². The van der Waals surface area contributed by atoms with Crippen LogP contribution in [0.2, 0.25) is 0 Å². The standard InChI is InChI=1S/C12H10F3N3/c1-7-4-11(18-6-17-7)9-5-8(12(13,14)15)2-3-10(9)16/h2-6H,16H2,1H3. The first-order valence-corrected chi connectivity index (χ1v) is 5.13. The van der Waals surface area contributed by atoms with Gasteiger partial charge in [-0.05, 0) is 31.2 Å². The summed E-state index contributed by atoms with van der Waals surface area (Å²) in [5.74, 6) is 0. The van der Waals surface area contributed by atoms with Crippen molar-refractivity contribution in [1.82, 2.24) is 9.97 Å². The topological polar surface area (TPSA) is 51.8 Å². The molecule has 6 heteroatoms. The molecule has 1 heterocycles. The average molecular weight is 253 g/mol. The molecule has 18 heavy (non-hydrogen) atoms. The van der Waals surface area contributed by atoms with Gasteiger partial charge in [0.25, 0.3) is 0 Å². The molecule has 1 aromatic carbocycles. The number of anilines is 1. The van der Waals surface area contributed by atoms with Gasteiger partial charge in [0.2, 0.25) is 0 Å². The fraction of sp³-hybridized carbons (Fsp3) is 0.167. The SMILES string of the molecule is Cc1cc(-c2cc(C(F)(F)F)ccc2N)ncn1. The van der Waals surface area contributed by atoms with Crippen LogP contribution in [-0.2, 0) is 6.18 Å². The number of aromatic nitrogens is 2. The highest BCUT2D eigenvalue weighted by Crippen LogP contribution is 2.34. The summed E-state index contributed by atoms with van der Waals surface area (Å²) >= 11 is 0. The number of hydrogen-bond acceptors (Lipinski definition) is 3. The van der Waals surface area contributed by atoms with Crippen molar-refractivity contribution in [2.24, 2.45) is 0 Å². The lowest BCUT2D eigenvalue weighted by Crippen LogP contribution is -2.06. The second-order valence-electron chi connectivity index (χ2n) is 3.84. The molecule has 94 valence electrons. The van der Waals surface area contributed by atoms with Gasteiger partial charge in [-0.1, -0.05) is 0 Å². The molecular weight excluding hydrogens is 243 g/mol. The highest BCUT2D eigenvalue weighted by molar-refractivity contribution is 5.74. The third kappa shape index (κ3) is 2.42. The maximum atomic E-state index is 12.6. The van der Waals surface area contributed by atoms with E-state index in [-0.39, 0.29) is 11.3 Å². The molecule has 0 bridgehead atoms. The van der Waals surface area contributed by atoms with Crippen molar-refractivity contribution in [2.75, 3.05) is 5.73 Å². The van der Waals surface area contributed by atoms with Gasteiger partial charge in [-0.2, -0.15) is 13.2 Å². The van der Waals surface area contributed by atoms with Gasteiger partial charge < -0.3 is 5.73 Å². The Morgan fingerprint density at radius 3 is 2.44 bits per heavy atom. The Balaban J connectivity index is 2.57. The van der Waals surface area contributed by atoms with Crippen LogP contribution in [0.25, 0.3) is 11.3 Å². The van der Waals surface area contributed by atoms with Gasteiger partial charge in [-0.3, -0.25) is 0 Å². The molecule has 0 unspecified atom stereocenters. The zero-order valence-corrected chi connectivity index (χ0v) is 9.49. The van der Waals surface area contributed by atoms with Gasteiger partial charge in [0.15, 0.2) is 0 Å². The van der Waals surface area contributed by atoms with Crippen LogP contribution in [0, 0.1) is 6.92 Å². The van der Waals surface area contributed by atoms with Crippen LogP contribution < -0.4 is 5.73 Å². The van der Waals surface area contributed by atoms with Gasteiger partial charge in [0.1, 0.15) is 6.33 Å². The average Bonchev–Trinajstić information content (AvgIpc) is 2.28. The Hall–Kier alpha value is -2.11. The van der Waals surface area contributed by atoms with E-state index in [1.165, 1.54) is 12.4 Å². The highest BCUT2D eigenvalue weighted by atomic mass is 19.4. The van der Waals surface area contributed by atoms with Gasteiger partial charge in [0, 0.05) is 16.9 Å². The molecule has 2 aromatic rings. The van der Waals surface area contributed by atoms with E-state index in [0.29, 0.717) is 11.4 Å². The summed E-state index contributed by atoms with van der Waals surface area (Å²) in [5, 5.41) is 0. The third-order valence-corrected chi connectivity index (χ3v) is 2.46. The lowest BCUT2D eigenvalue weighted by Gasteiger charge is -2.11. The quantitative estimate of drug-likeness (QED) is 0.795. The summed E-state index contributed by atoms with van der Waals surface area (Å²) in [7, 11) is 0. The number of halogens is 3. The minimum absolute atomic E-state index is 0.251. The monoisotopic (exact) mass is 253 g/mol. The lowest BCUT2D eigenvalue weighted by atomic mass is 10.0. The molecule has 2 rings (SSSR count). The predicted octanol–water partition coefficient (Wildman–Crippen LogP) is 3.05. The van der Waals surface area contributed by atoms with Crippen molar-refractivity contribution < 1.29 is 13.2 Å². The zero-order valence-electron chi connectivity index (χ0n) is 9.49. The molecule has 0 amide bonds. The summed E-state index contributed by atoms with van der Waals surface area (Å²) in [6.45, 7) is 1.73. The summed E-state index contributed by atoms with van der Waals surface area (Å²) in [6.07, 6.45) is -3.10. The summed E-state index contributed by atoms with van der Waals surface area (Å²) < 4.78 is 37.9. The molecule has 0 aliphatic carbocycles. The Morgan fingerprint density at radius 2 is 1.83 bits per heavy atom. The van der Waals surface area contributed by atoms with E-state index < -0.39 is 11.7 Å². The summed E-state index contributed by atoms with van der Waals surface area (Å²) in [4.78, 5) is 7.83. The van der Waals surface area contributed by atoms with Crippen molar-refractivity contribution in [3.63, 3.8) is 0 Å². The molecule has 0 aliphatic heterocycles. The molecule has 0 radical (unpaired) electrons. The molecule has 0 fully saturated rings. The molecule has 1 aromatic heterocycles. The van der Waals surface area contributed by atoms with Crippen LogP contribution in [-0.4, -0.2) is 9.97 Å². The van der Waals surface area contributed by atoms with E-state index in [4.69, 9.17) is 5.73 Å². The Kier molecular flexibility index (Phi) is 2.94. The molecule has 0 atom stereocenters. The minimum atomic E-state index is -4.40.